The van der Waals surface area contributed by atoms with Crippen molar-refractivity contribution in [2.75, 3.05) is 6.16 Å². The minimum absolute atomic E-state index is 0.338. The number of rotatable bonds is 2. The van der Waals surface area contributed by atoms with Gasteiger partial charge in [-0.1, -0.05) is 19.1 Å². The Labute approximate surface area is 66.0 Å². The van der Waals surface area contributed by atoms with Crippen molar-refractivity contribution in [1.82, 2.24) is 0 Å². The largest absolute Gasteiger partial charge is 0.282 e. The van der Waals surface area contributed by atoms with E-state index in [1.807, 2.05) is 0 Å². The molecule has 0 N–H and O–H groups in total. The van der Waals surface area contributed by atoms with Crippen LogP contribution in [0, 0.1) is 5.82 Å². The van der Waals surface area contributed by atoms with E-state index in [9.17, 15) is 8.96 Å². The average Bonchev–Trinajstić information content (AvgIpc) is 2.04. The lowest BCUT2D eigenvalue weighted by atomic mass is 10.3. The number of benzene rings is 1. The third kappa shape index (κ3) is 1.84. The summed E-state index contributed by atoms with van der Waals surface area (Å²) >= 11 is 0. The standard InChI is InChI=1S/C8H9FOP/c1-2-11(10)8-6-4-3-5-7(8)9/h3-6H,2H2,1H3. The van der Waals surface area contributed by atoms with Gasteiger partial charge in [0.2, 0.25) is 0 Å². The van der Waals surface area contributed by atoms with Crippen LogP contribution in [0.5, 0.6) is 0 Å². The monoisotopic (exact) mass is 171 g/mol. The molecule has 1 aromatic rings. The van der Waals surface area contributed by atoms with E-state index in [1.165, 1.54) is 6.07 Å². The Morgan fingerprint density at radius 2 is 2.09 bits per heavy atom. The highest BCUT2D eigenvalue weighted by molar-refractivity contribution is 7.53. The Kier molecular flexibility index (Phi) is 2.72. The fourth-order valence-corrected chi connectivity index (χ4v) is 1.73. The molecule has 0 aliphatic heterocycles. The first-order valence-corrected chi connectivity index (χ1v) is 4.89. The Bertz CT molecular complexity index is 273. The first-order valence-electron chi connectivity index (χ1n) is 3.45. The van der Waals surface area contributed by atoms with Crippen LogP contribution in [0.15, 0.2) is 24.3 Å². The lowest BCUT2D eigenvalue weighted by Gasteiger charge is -1.97. The molecular formula is C8H9FOP. The summed E-state index contributed by atoms with van der Waals surface area (Å²) in [6, 6.07) is 6.19. The van der Waals surface area contributed by atoms with Crippen molar-refractivity contribution in [2.45, 2.75) is 6.92 Å². The van der Waals surface area contributed by atoms with Crippen LogP contribution in [0.3, 0.4) is 0 Å². The molecule has 0 aliphatic rings. The molecule has 0 aromatic heterocycles. The van der Waals surface area contributed by atoms with Gasteiger partial charge in [0.15, 0.2) is 0 Å². The number of hydrogen-bond donors (Lipinski definition) is 0. The highest BCUT2D eigenvalue weighted by Crippen LogP contribution is 2.19. The van der Waals surface area contributed by atoms with Crippen LogP contribution in [0.25, 0.3) is 0 Å². The van der Waals surface area contributed by atoms with Gasteiger partial charge in [0.1, 0.15) is 13.6 Å². The molecular weight excluding hydrogens is 162 g/mol. The summed E-state index contributed by atoms with van der Waals surface area (Å²) in [7, 11) is -1.52. The maximum Gasteiger partial charge on any atom is 0.137 e. The number of halogens is 1. The molecule has 0 fully saturated rings. The van der Waals surface area contributed by atoms with Gasteiger partial charge in [0.05, 0.1) is 5.30 Å². The zero-order chi connectivity index (χ0) is 8.27. The van der Waals surface area contributed by atoms with E-state index in [0.29, 0.717) is 11.5 Å². The predicted octanol–water partition coefficient (Wildman–Crippen LogP) is 2.30. The third-order valence-electron chi connectivity index (χ3n) is 1.41. The average molecular weight is 171 g/mol. The van der Waals surface area contributed by atoms with Crippen molar-refractivity contribution in [3.63, 3.8) is 0 Å². The van der Waals surface area contributed by atoms with Crippen molar-refractivity contribution in [3.05, 3.63) is 30.1 Å². The van der Waals surface area contributed by atoms with Crippen LogP contribution in [-0.2, 0) is 4.57 Å². The molecule has 11 heavy (non-hydrogen) atoms. The third-order valence-corrected chi connectivity index (χ3v) is 2.88. The highest BCUT2D eigenvalue weighted by atomic mass is 31.1. The van der Waals surface area contributed by atoms with Gasteiger partial charge in [-0.15, -0.1) is 0 Å². The van der Waals surface area contributed by atoms with Crippen molar-refractivity contribution in [1.29, 1.82) is 0 Å². The van der Waals surface area contributed by atoms with Crippen LogP contribution >= 0.6 is 7.80 Å². The first-order chi connectivity index (χ1) is 5.25. The zero-order valence-electron chi connectivity index (χ0n) is 6.25. The fourth-order valence-electron chi connectivity index (χ4n) is 0.824. The summed E-state index contributed by atoms with van der Waals surface area (Å²) in [5, 5.41) is 0.338. The normalized spacial score (nSPS) is 11.3. The van der Waals surface area contributed by atoms with Crippen molar-refractivity contribution >= 4 is 13.1 Å². The van der Waals surface area contributed by atoms with Crippen molar-refractivity contribution in [3.8, 4) is 0 Å². The van der Waals surface area contributed by atoms with Crippen LogP contribution in [0.2, 0.25) is 0 Å². The molecule has 0 spiro atoms. The Balaban J connectivity index is 3.03. The van der Waals surface area contributed by atoms with Crippen LogP contribution in [0.1, 0.15) is 6.92 Å². The quantitative estimate of drug-likeness (QED) is 0.624. The Hall–Kier alpha value is -0.750. The molecule has 59 valence electrons. The molecule has 0 amide bonds. The first kappa shape index (κ1) is 8.35. The van der Waals surface area contributed by atoms with Gasteiger partial charge in [0.25, 0.3) is 0 Å². The van der Waals surface area contributed by atoms with Gasteiger partial charge in [-0.2, -0.15) is 0 Å². The van der Waals surface area contributed by atoms with Gasteiger partial charge in [0, 0.05) is 6.16 Å². The molecule has 1 radical (unpaired) electrons. The summed E-state index contributed by atoms with van der Waals surface area (Å²) in [6.45, 7) is 1.78. The Morgan fingerprint density at radius 3 is 2.64 bits per heavy atom. The van der Waals surface area contributed by atoms with E-state index in [-0.39, 0.29) is 5.82 Å². The maximum absolute atomic E-state index is 12.8. The van der Waals surface area contributed by atoms with Crippen LogP contribution in [0.4, 0.5) is 4.39 Å². The van der Waals surface area contributed by atoms with Gasteiger partial charge < -0.3 is 0 Å². The van der Waals surface area contributed by atoms with Gasteiger partial charge >= 0.3 is 0 Å². The van der Waals surface area contributed by atoms with Gasteiger partial charge in [-0.05, 0) is 12.1 Å². The van der Waals surface area contributed by atoms with Crippen molar-refractivity contribution < 1.29 is 8.96 Å². The van der Waals surface area contributed by atoms with E-state index in [0.717, 1.165) is 0 Å². The molecule has 0 aliphatic carbocycles. The molecule has 0 saturated carbocycles. The van der Waals surface area contributed by atoms with Gasteiger partial charge in [-0.3, -0.25) is 4.57 Å². The molecule has 1 rings (SSSR count). The minimum atomic E-state index is -1.52. The zero-order valence-corrected chi connectivity index (χ0v) is 7.14. The molecule has 0 heterocycles. The summed E-state index contributed by atoms with van der Waals surface area (Å²) in [4.78, 5) is 0. The highest BCUT2D eigenvalue weighted by Gasteiger charge is 2.06. The molecule has 1 nitrogen and oxygen atoms in total. The topological polar surface area (TPSA) is 17.1 Å². The molecule has 1 atom stereocenters. The second kappa shape index (κ2) is 3.59. The summed E-state index contributed by atoms with van der Waals surface area (Å²) in [5.74, 6) is -0.365. The van der Waals surface area contributed by atoms with Gasteiger partial charge in [-0.25, -0.2) is 4.39 Å². The molecule has 1 aromatic carbocycles. The molecule has 1 unspecified atom stereocenters. The molecule has 0 bridgehead atoms. The van der Waals surface area contributed by atoms with E-state index >= 15 is 0 Å². The molecule has 3 heteroatoms. The lowest BCUT2D eigenvalue weighted by molar-refractivity contribution is 0.590. The summed E-state index contributed by atoms with van der Waals surface area (Å²) < 4.78 is 24.0. The van der Waals surface area contributed by atoms with Crippen LogP contribution in [-0.4, -0.2) is 6.16 Å². The number of hydrogen-bond acceptors (Lipinski definition) is 1. The summed E-state index contributed by atoms with van der Waals surface area (Å²) in [5.41, 5.74) is 0. The Morgan fingerprint density at radius 1 is 1.45 bits per heavy atom. The summed E-state index contributed by atoms with van der Waals surface area (Å²) in [6.07, 6.45) is 0.496. The second-order valence-electron chi connectivity index (χ2n) is 2.15. The van der Waals surface area contributed by atoms with E-state index in [1.54, 1.807) is 25.1 Å². The van der Waals surface area contributed by atoms with E-state index in [2.05, 4.69) is 0 Å². The molecule has 0 saturated heterocycles. The van der Waals surface area contributed by atoms with Crippen molar-refractivity contribution in [2.24, 2.45) is 0 Å². The van der Waals surface area contributed by atoms with Crippen LogP contribution < -0.4 is 5.30 Å². The lowest BCUT2D eigenvalue weighted by Crippen LogP contribution is -2.02. The SMILES string of the molecule is CC[P](=O)c1ccccc1F. The predicted molar refractivity (Wildman–Crippen MR) is 44.2 cm³/mol. The maximum atomic E-state index is 12.8. The van der Waals surface area contributed by atoms with E-state index < -0.39 is 7.80 Å². The fraction of sp³-hybridized carbons (Fsp3) is 0.250. The van der Waals surface area contributed by atoms with E-state index in [4.69, 9.17) is 0 Å². The minimum Gasteiger partial charge on any atom is -0.282 e. The second-order valence-corrected chi connectivity index (χ2v) is 4.02. The smallest absolute Gasteiger partial charge is 0.137 e.